The summed E-state index contributed by atoms with van der Waals surface area (Å²) in [5, 5.41) is 0. The number of ether oxygens (including phenoxy) is 1. The Morgan fingerprint density at radius 3 is 2.71 bits per heavy atom. The number of nitrogens with zero attached hydrogens (tertiary/aromatic N) is 1. The van der Waals surface area contributed by atoms with Crippen molar-refractivity contribution in [2.45, 2.75) is 52.2 Å². The molecule has 2 N–H and O–H groups in total. The van der Waals surface area contributed by atoms with Crippen molar-refractivity contribution in [3.8, 4) is 0 Å². The quantitative estimate of drug-likeness (QED) is 0.813. The number of carbonyl (C=O) groups is 1. The maximum absolute atomic E-state index is 12.0. The lowest BCUT2D eigenvalue weighted by Gasteiger charge is -2.35. The number of likely N-dealkylation sites (tertiary alicyclic amines) is 1. The molecule has 0 aliphatic carbocycles. The lowest BCUT2D eigenvalue weighted by Crippen LogP contribution is -2.46. The molecule has 0 saturated carbocycles. The summed E-state index contributed by atoms with van der Waals surface area (Å²) in [6.07, 6.45) is 2.18. The first-order valence-electron chi connectivity index (χ1n) is 6.47. The highest BCUT2D eigenvalue weighted by Gasteiger charge is 2.26. The van der Waals surface area contributed by atoms with E-state index in [1.54, 1.807) is 0 Å². The molecule has 1 saturated heterocycles. The summed E-state index contributed by atoms with van der Waals surface area (Å²) in [5.74, 6) is 0.521. The van der Waals surface area contributed by atoms with Crippen LogP contribution in [-0.2, 0) is 9.53 Å². The van der Waals surface area contributed by atoms with Gasteiger partial charge in [-0.05, 0) is 46.5 Å². The van der Waals surface area contributed by atoms with Crippen LogP contribution in [0.25, 0.3) is 0 Å². The topological polar surface area (TPSA) is 55.6 Å². The van der Waals surface area contributed by atoms with Crippen molar-refractivity contribution in [2.75, 3.05) is 19.7 Å². The van der Waals surface area contributed by atoms with Gasteiger partial charge in [-0.1, -0.05) is 0 Å². The summed E-state index contributed by atoms with van der Waals surface area (Å²) in [7, 11) is 0. The molecule has 1 aliphatic heterocycles. The van der Waals surface area contributed by atoms with Gasteiger partial charge in [-0.25, -0.2) is 0 Å². The molecule has 17 heavy (non-hydrogen) atoms. The Morgan fingerprint density at radius 1 is 1.53 bits per heavy atom. The van der Waals surface area contributed by atoms with E-state index in [2.05, 4.69) is 0 Å². The molecule has 1 rings (SSSR count). The fraction of sp³-hybridized carbons (Fsp3) is 0.923. The average molecular weight is 242 g/mol. The van der Waals surface area contributed by atoms with E-state index in [1.807, 2.05) is 32.6 Å². The Hall–Kier alpha value is -0.610. The lowest BCUT2D eigenvalue weighted by molar-refractivity contribution is -0.142. The molecule has 100 valence electrons. The lowest BCUT2D eigenvalue weighted by atomic mass is 9.92. The van der Waals surface area contributed by atoms with Gasteiger partial charge in [-0.15, -0.1) is 0 Å². The van der Waals surface area contributed by atoms with Crippen molar-refractivity contribution in [3.63, 3.8) is 0 Å². The zero-order valence-electron chi connectivity index (χ0n) is 11.5. The third-order valence-electron chi connectivity index (χ3n) is 3.18. The summed E-state index contributed by atoms with van der Waals surface area (Å²) in [4.78, 5) is 13.9. The minimum atomic E-state index is -0.258. The molecule has 0 radical (unpaired) electrons. The van der Waals surface area contributed by atoms with Crippen molar-refractivity contribution in [2.24, 2.45) is 11.7 Å². The van der Waals surface area contributed by atoms with E-state index in [4.69, 9.17) is 10.5 Å². The van der Waals surface area contributed by atoms with Gasteiger partial charge in [-0.3, -0.25) is 4.79 Å². The molecule has 0 spiro atoms. The standard InChI is InChI=1S/C13H26N2O2/c1-10(14)11-6-5-7-15(8-11)12(16)9-17-13(2,3)4/h10-11H,5-9,14H2,1-4H3. The molecule has 1 heterocycles. The van der Waals surface area contributed by atoms with Crippen LogP contribution in [0, 0.1) is 5.92 Å². The molecule has 1 amide bonds. The van der Waals surface area contributed by atoms with E-state index in [9.17, 15) is 4.79 Å². The van der Waals surface area contributed by atoms with E-state index in [0.717, 1.165) is 25.9 Å². The van der Waals surface area contributed by atoms with E-state index >= 15 is 0 Å². The van der Waals surface area contributed by atoms with Crippen molar-refractivity contribution in [3.05, 3.63) is 0 Å². The van der Waals surface area contributed by atoms with E-state index in [-0.39, 0.29) is 24.2 Å². The zero-order valence-corrected chi connectivity index (χ0v) is 11.5. The number of hydrogen-bond donors (Lipinski definition) is 1. The molecular weight excluding hydrogens is 216 g/mol. The number of nitrogens with two attached hydrogens (primary N) is 1. The fourth-order valence-corrected chi connectivity index (χ4v) is 2.04. The van der Waals surface area contributed by atoms with Gasteiger partial charge in [0.15, 0.2) is 0 Å². The zero-order chi connectivity index (χ0) is 13.1. The SMILES string of the molecule is CC(N)C1CCCN(C(=O)COC(C)(C)C)C1. The van der Waals surface area contributed by atoms with Gasteiger partial charge in [0.2, 0.25) is 5.91 Å². The van der Waals surface area contributed by atoms with Gasteiger partial charge >= 0.3 is 0 Å². The first-order valence-corrected chi connectivity index (χ1v) is 6.47. The summed E-state index contributed by atoms with van der Waals surface area (Å²) in [5.41, 5.74) is 5.65. The van der Waals surface area contributed by atoms with Crippen LogP contribution in [-0.4, -0.2) is 42.1 Å². The summed E-state index contributed by atoms with van der Waals surface area (Å²) < 4.78 is 5.52. The van der Waals surface area contributed by atoms with Crippen LogP contribution >= 0.6 is 0 Å². The first kappa shape index (κ1) is 14.5. The van der Waals surface area contributed by atoms with Gasteiger partial charge in [0.1, 0.15) is 6.61 Å². The van der Waals surface area contributed by atoms with Crippen LogP contribution in [0.3, 0.4) is 0 Å². The number of hydrogen-bond acceptors (Lipinski definition) is 3. The van der Waals surface area contributed by atoms with Gasteiger partial charge < -0.3 is 15.4 Å². The van der Waals surface area contributed by atoms with Gasteiger partial charge in [0.25, 0.3) is 0 Å². The Balaban J connectivity index is 2.41. The molecule has 0 aromatic heterocycles. The van der Waals surface area contributed by atoms with E-state index < -0.39 is 0 Å². The third-order valence-corrected chi connectivity index (χ3v) is 3.18. The highest BCUT2D eigenvalue weighted by molar-refractivity contribution is 5.77. The van der Waals surface area contributed by atoms with E-state index in [0.29, 0.717) is 5.92 Å². The molecule has 1 fully saturated rings. The summed E-state index contributed by atoms with van der Waals surface area (Å²) in [6.45, 7) is 9.70. The van der Waals surface area contributed by atoms with Crippen LogP contribution in [0.4, 0.5) is 0 Å². The van der Waals surface area contributed by atoms with Gasteiger partial charge in [0, 0.05) is 19.1 Å². The smallest absolute Gasteiger partial charge is 0.248 e. The maximum atomic E-state index is 12.0. The fourth-order valence-electron chi connectivity index (χ4n) is 2.04. The van der Waals surface area contributed by atoms with Crippen molar-refractivity contribution >= 4 is 5.91 Å². The Kier molecular flexibility index (Phi) is 4.95. The monoisotopic (exact) mass is 242 g/mol. The number of rotatable bonds is 3. The Bertz CT molecular complexity index is 259. The molecule has 0 bridgehead atoms. The van der Waals surface area contributed by atoms with Crippen LogP contribution < -0.4 is 5.73 Å². The van der Waals surface area contributed by atoms with Crippen molar-refractivity contribution in [1.82, 2.24) is 4.90 Å². The minimum absolute atomic E-state index is 0.0882. The molecule has 4 heteroatoms. The van der Waals surface area contributed by atoms with Crippen LogP contribution in [0.2, 0.25) is 0 Å². The highest BCUT2D eigenvalue weighted by Crippen LogP contribution is 2.19. The highest BCUT2D eigenvalue weighted by atomic mass is 16.5. The maximum Gasteiger partial charge on any atom is 0.248 e. The average Bonchev–Trinajstić information content (AvgIpc) is 2.25. The van der Waals surface area contributed by atoms with Crippen LogP contribution in [0.15, 0.2) is 0 Å². The first-order chi connectivity index (χ1) is 7.79. The van der Waals surface area contributed by atoms with E-state index in [1.165, 1.54) is 0 Å². The second-order valence-corrected chi connectivity index (χ2v) is 6.00. The molecule has 2 atom stereocenters. The normalized spacial score (nSPS) is 23.6. The predicted molar refractivity (Wildman–Crippen MR) is 68.7 cm³/mol. The number of carbonyl (C=O) groups excluding carboxylic acids is 1. The second kappa shape index (κ2) is 5.83. The Morgan fingerprint density at radius 2 is 2.18 bits per heavy atom. The molecule has 0 aromatic carbocycles. The molecule has 2 unspecified atom stereocenters. The molecule has 1 aliphatic rings. The minimum Gasteiger partial charge on any atom is -0.366 e. The second-order valence-electron chi connectivity index (χ2n) is 6.00. The summed E-state index contributed by atoms with van der Waals surface area (Å²) >= 11 is 0. The molecule has 0 aromatic rings. The molecular formula is C13H26N2O2. The number of amides is 1. The predicted octanol–water partition coefficient (Wildman–Crippen LogP) is 1.39. The van der Waals surface area contributed by atoms with Gasteiger partial charge in [-0.2, -0.15) is 0 Å². The van der Waals surface area contributed by atoms with Crippen molar-refractivity contribution < 1.29 is 9.53 Å². The van der Waals surface area contributed by atoms with Crippen LogP contribution in [0.1, 0.15) is 40.5 Å². The third kappa shape index (κ3) is 5.04. The number of piperidine rings is 1. The largest absolute Gasteiger partial charge is 0.366 e. The molecule has 4 nitrogen and oxygen atoms in total. The summed E-state index contributed by atoms with van der Waals surface area (Å²) in [6, 6.07) is 0.161. The Labute approximate surface area is 104 Å². The van der Waals surface area contributed by atoms with Gasteiger partial charge in [0.05, 0.1) is 5.60 Å². The van der Waals surface area contributed by atoms with Crippen LogP contribution in [0.5, 0.6) is 0 Å². The van der Waals surface area contributed by atoms with Crippen molar-refractivity contribution in [1.29, 1.82) is 0 Å².